The van der Waals surface area contributed by atoms with E-state index < -0.39 is 18.3 Å². The fraction of sp³-hybridized carbons (Fsp3) is 0.438. The monoisotopic (exact) mass is 342 g/mol. The lowest BCUT2D eigenvalue weighted by Gasteiger charge is -2.32. The third kappa shape index (κ3) is 3.73. The number of nitrogens with zero attached hydrogens (tertiary/aromatic N) is 3. The van der Waals surface area contributed by atoms with E-state index in [0.29, 0.717) is 16.4 Å². The summed E-state index contributed by atoms with van der Waals surface area (Å²) in [6.07, 6.45) is 3.65. The van der Waals surface area contributed by atoms with E-state index in [1.807, 2.05) is 40.1 Å². The van der Waals surface area contributed by atoms with Gasteiger partial charge in [0.1, 0.15) is 0 Å². The summed E-state index contributed by atoms with van der Waals surface area (Å²) in [4.78, 5) is 4.36. The predicted octanol–water partition coefficient (Wildman–Crippen LogP) is 2.28. The summed E-state index contributed by atoms with van der Waals surface area (Å²) in [6.45, 7) is 7.90. The van der Waals surface area contributed by atoms with Gasteiger partial charge in [-0.1, -0.05) is 11.8 Å². The Morgan fingerprint density at radius 3 is 2.29 bits per heavy atom. The molecule has 0 spiro atoms. The summed E-state index contributed by atoms with van der Waals surface area (Å²) in [5.41, 5.74) is 0.820. The molecule has 124 valence electrons. The lowest BCUT2D eigenvalue weighted by molar-refractivity contribution is 0.00578. The van der Waals surface area contributed by atoms with E-state index >= 15 is 0 Å². The van der Waals surface area contributed by atoms with Crippen LogP contribution in [0.4, 0.5) is 5.69 Å². The first-order valence-electron chi connectivity index (χ1n) is 7.41. The Morgan fingerprint density at radius 1 is 1.17 bits per heavy atom. The number of hydrogen-bond acceptors (Lipinski definition) is 6. The van der Waals surface area contributed by atoms with E-state index in [0.717, 1.165) is 5.46 Å². The van der Waals surface area contributed by atoms with Gasteiger partial charge in [-0.3, -0.25) is 5.32 Å². The Balaban J connectivity index is 2.41. The maximum Gasteiger partial charge on any atom is 0.494 e. The summed E-state index contributed by atoms with van der Waals surface area (Å²) < 4.78 is 12.1. The van der Waals surface area contributed by atoms with E-state index in [4.69, 9.17) is 14.6 Å². The van der Waals surface area contributed by atoms with Gasteiger partial charge in [0.2, 0.25) is 0 Å². The van der Waals surface area contributed by atoms with Gasteiger partial charge in [-0.2, -0.15) is 10.5 Å². The molecule has 1 aliphatic rings. The minimum atomic E-state index is -0.570. The predicted molar refractivity (Wildman–Crippen MR) is 96.2 cm³/mol. The van der Waals surface area contributed by atoms with Gasteiger partial charge in [-0.15, -0.1) is 0 Å². The highest BCUT2D eigenvalue weighted by atomic mass is 32.2. The molecule has 1 fully saturated rings. The van der Waals surface area contributed by atoms with Gasteiger partial charge in [0.05, 0.1) is 28.5 Å². The Hall–Kier alpha value is -2.00. The molecule has 0 unspecified atom stereocenters. The zero-order chi connectivity index (χ0) is 18.0. The van der Waals surface area contributed by atoms with Crippen LogP contribution in [0.15, 0.2) is 23.2 Å². The molecule has 2 rings (SSSR count). The van der Waals surface area contributed by atoms with Gasteiger partial charge in [0.25, 0.3) is 0 Å². The summed E-state index contributed by atoms with van der Waals surface area (Å²) in [7, 11) is -0.570. The van der Waals surface area contributed by atoms with Crippen LogP contribution in [0.3, 0.4) is 0 Å². The van der Waals surface area contributed by atoms with Crippen LogP contribution >= 0.6 is 11.8 Å². The minimum absolute atomic E-state index is 0.451. The molecule has 0 atom stereocenters. The third-order valence-electron chi connectivity index (χ3n) is 4.18. The van der Waals surface area contributed by atoms with E-state index in [1.165, 1.54) is 11.8 Å². The van der Waals surface area contributed by atoms with Crippen LogP contribution in [0.25, 0.3) is 0 Å². The van der Waals surface area contributed by atoms with Crippen LogP contribution in [-0.2, 0) is 9.31 Å². The standard InChI is InChI=1S/C16H19BN4O2S/c1-15(2)16(3,4)23-17(22-15)12-6-11(9-18)7-13(8-12)21-14(24-5)20-10-19/h6-8H,1-5H3,(H,20,21). The molecular formula is C16H19BN4O2S. The van der Waals surface area contributed by atoms with Crippen molar-refractivity contribution in [2.24, 2.45) is 4.99 Å². The molecule has 0 radical (unpaired) electrons. The number of rotatable bonds is 2. The van der Waals surface area contributed by atoms with Crippen molar-refractivity contribution in [3.63, 3.8) is 0 Å². The van der Waals surface area contributed by atoms with Crippen LogP contribution in [0, 0.1) is 22.8 Å². The number of aliphatic imine (C=N–C) groups is 1. The van der Waals surface area contributed by atoms with Gasteiger partial charge in [0, 0.05) is 0 Å². The zero-order valence-electron chi connectivity index (χ0n) is 14.4. The Labute approximate surface area is 147 Å². The summed E-state index contributed by atoms with van der Waals surface area (Å²) in [6, 6.07) is 7.32. The van der Waals surface area contributed by atoms with Crippen molar-refractivity contribution in [1.29, 1.82) is 10.5 Å². The van der Waals surface area contributed by atoms with Gasteiger partial charge in [-0.25, -0.2) is 4.99 Å². The second-order valence-electron chi connectivity index (χ2n) is 6.37. The van der Waals surface area contributed by atoms with Crippen LogP contribution in [-0.4, -0.2) is 29.7 Å². The molecule has 24 heavy (non-hydrogen) atoms. The summed E-state index contributed by atoms with van der Waals surface area (Å²) in [5.74, 6) is 0. The largest absolute Gasteiger partial charge is 0.494 e. The Kier molecular flexibility index (Phi) is 5.24. The topological polar surface area (TPSA) is 90.4 Å². The number of hydrogen-bond donors (Lipinski definition) is 1. The quantitative estimate of drug-likeness (QED) is 0.292. The van der Waals surface area contributed by atoms with Crippen molar-refractivity contribution in [3.05, 3.63) is 23.8 Å². The van der Waals surface area contributed by atoms with Gasteiger partial charge < -0.3 is 9.31 Å². The first kappa shape index (κ1) is 18.3. The third-order valence-corrected chi connectivity index (χ3v) is 4.76. The number of thioether (sulfide) groups is 1. The maximum atomic E-state index is 9.28. The Morgan fingerprint density at radius 2 is 1.79 bits per heavy atom. The smallest absolute Gasteiger partial charge is 0.399 e. The van der Waals surface area contributed by atoms with E-state index in [2.05, 4.69) is 16.4 Å². The maximum absolute atomic E-state index is 9.28. The average molecular weight is 342 g/mol. The number of nitriles is 2. The molecule has 1 aliphatic heterocycles. The molecular weight excluding hydrogens is 323 g/mol. The molecule has 1 saturated heterocycles. The van der Waals surface area contributed by atoms with E-state index in [1.54, 1.807) is 18.2 Å². The molecule has 1 aromatic rings. The molecule has 0 aliphatic carbocycles. The van der Waals surface area contributed by atoms with Gasteiger partial charge in [-0.05, 0) is 57.6 Å². The molecule has 1 aromatic carbocycles. The highest BCUT2D eigenvalue weighted by Gasteiger charge is 2.51. The zero-order valence-corrected chi connectivity index (χ0v) is 15.2. The van der Waals surface area contributed by atoms with Crippen LogP contribution in [0.5, 0.6) is 0 Å². The van der Waals surface area contributed by atoms with E-state index in [-0.39, 0.29) is 0 Å². The molecule has 0 saturated carbocycles. The fourth-order valence-corrected chi connectivity index (χ4v) is 2.51. The fourth-order valence-electron chi connectivity index (χ4n) is 2.17. The first-order chi connectivity index (χ1) is 11.2. The lowest BCUT2D eigenvalue weighted by Crippen LogP contribution is -2.41. The highest BCUT2D eigenvalue weighted by Crippen LogP contribution is 2.36. The molecule has 6 nitrogen and oxygen atoms in total. The lowest BCUT2D eigenvalue weighted by atomic mass is 9.78. The van der Waals surface area contributed by atoms with E-state index in [9.17, 15) is 5.26 Å². The van der Waals surface area contributed by atoms with Gasteiger partial charge in [0.15, 0.2) is 11.4 Å². The average Bonchev–Trinajstić information content (AvgIpc) is 2.74. The van der Waals surface area contributed by atoms with Crippen molar-refractivity contribution in [3.8, 4) is 12.3 Å². The SMILES string of the molecule is CSC(=Nc1cc(C#N)cc(B2OC(C)(C)C(C)(C)O2)c1)NC#N. The van der Waals surface area contributed by atoms with Crippen molar-refractivity contribution in [1.82, 2.24) is 5.32 Å². The minimum Gasteiger partial charge on any atom is -0.399 e. The first-order valence-corrected chi connectivity index (χ1v) is 8.63. The summed E-state index contributed by atoms with van der Waals surface area (Å²) >= 11 is 1.31. The number of benzene rings is 1. The molecule has 1 N–H and O–H groups in total. The number of amidine groups is 1. The number of nitrogens with one attached hydrogen (secondary N) is 1. The molecule has 1 heterocycles. The molecule has 0 aromatic heterocycles. The molecule has 0 amide bonds. The Bertz CT molecular complexity index is 733. The normalized spacial score (nSPS) is 18.8. The molecule has 0 bridgehead atoms. The highest BCUT2D eigenvalue weighted by molar-refractivity contribution is 8.13. The van der Waals surface area contributed by atoms with Gasteiger partial charge >= 0.3 is 7.12 Å². The molecule has 8 heteroatoms. The van der Waals surface area contributed by atoms with Crippen molar-refractivity contribution in [2.45, 2.75) is 38.9 Å². The van der Waals surface area contributed by atoms with Crippen LogP contribution < -0.4 is 10.8 Å². The summed E-state index contributed by atoms with van der Waals surface area (Å²) in [5, 5.41) is 21.0. The van der Waals surface area contributed by atoms with Crippen molar-refractivity contribution < 1.29 is 9.31 Å². The van der Waals surface area contributed by atoms with Crippen molar-refractivity contribution in [2.75, 3.05) is 6.26 Å². The van der Waals surface area contributed by atoms with Crippen molar-refractivity contribution >= 4 is 35.2 Å². The van der Waals surface area contributed by atoms with Crippen LogP contribution in [0.1, 0.15) is 33.3 Å². The second kappa shape index (κ2) is 6.86. The second-order valence-corrected chi connectivity index (χ2v) is 7.17. The van der Waals surface area contributed by atoms with Crippen LogP contribution in [0.2, 0.25) is 0 Å².